The molecule has 0 radical (unpaired) electrons. The van der Waals surface area contributed by atoms with E-state index in [0.717, 1.165) is 31.0 Å². The van der Waals surface area contributed by atoms with E-state index in [4.69, 9.17) is 0 Å². The first-order chi connectivity index (χ1) is 7.63. The van der Waals surface area contributed by atoms with Gasteiger partial charge in [-0.15, -0.1) is 0 Å². The van der Waals surface area contributed by atoms with Crippen LogP contribution in [0.2, 0.25) is 0 Å². The number of pyridine rings is 1. The van der Waals surface area contributed by atoms with Gasteiger partial charge >= 0.3 is 0 Å². The van der Waals surface area contributed by atoms with Gasteiger partial charge in [0.05, 0.1) is 5.69 Å². The van der Waals surface area contributed by atoms with Crippen LogP contribution in [-0.4, -0.2) is 24.6 Å². The fourth-order valence-corrected chi connectivity index (χ4v) is 1.54. The Morgan fingerprint density at radius 2 is 2.12 bits per heavy atom. The van der Waals surface area contributed by atoms with Crippen LogP contribution in [0.3, 0.4) is 0 Å². The van der Waals surface area contributed by atoms with Gasteiger partial charge in [-0.1, -0.05) is 26.8 Å². The molecule has 0 atom stereocenters. The lowest BCUT2D eigenvalue weighted by atomic mass is 10.3. The zero-order valence-corrected chi connectivity index (χ0v) is 10.8. The molecule has 0 fully saturated rings. The molecule has 0 bridgehead atoms. The third kappa shape index (κ3) is 4.19. The molecule has 0 saturated carbocycles. The molecule has 0 aromatic carbocycles. The second-order valence-corrected chi connectivity index (χ2v) is 4.44. The molecule has 0 amide bonds. The molecular weight excluding hydrogens is 198 g/mol. The largest absolute Gasteiger partial charge is 0.360 e. The average Bonchev–Trinajstić information content (AvgIpc) is 2.27. The summed E-state index contributed by atoms with van der Waals surface area (Å²) in [5.74, 6) is 1.06. The van der Waals surface area contributed by atoms with Crippen molar-refractivity contribution >= 4 is 5.82 Å². The van der Waals surface area contributed by atoms with Crippen molar-refractivity contribution in [2.75, 3.05) is 18.5 Å². The number of rotatable bonds is 6. The van der Waals surface area contributed by atoms with Crippen LogP contribution in [0.5, 0.6) is 0 Å². The summed E-state index contributed by atoms with van der Waals surface area (Å²) in [5.41, 5.74) is 1.11. The first-order valence-electron chi connectivity index (χ1n) is 6.04. The Kier molecular flexibility index (Phi) is 5.26. The van der Waals surface area contributed by atoms with Gasteiger partial charge in [0.25, 0.3) is 0 Å². The highest BCUT2D eigenvalue weighted by Gasteiger charge is 2.02. The molecule has 3 nitrogen and oxygen atoms in total. The smallest absolute Gasteiger partial charge is 0.128 e. The maximum Gasteiger partial charge on any atom is 0.128 e. The highest BCUT2D eigenvalue weighted by Crippen LogP contribution is 2.10. The van der Waals surface area contributed by atoms with E-state index in [0.29, 0.717) is 6.04 Å². The molecule has 0 saturated heterocycles. The quantitative estimate of drug-likeness (QED) is 0.799. The van der Waals surface area contributed by atoms with Crippen molar-refractivity contribution in [2.24, 2.45) is 0 Å². The summed E-state index contributed by atoms with van der Waals surface area (Å²) < 4.78 is 0. The van der Waals surface area contributed by atoms with Crippen LogP contribution in [0.15, 0.2) is 18.2 Å². The van der Waals surface area contributed by atoms with Crippen molar-refractivity contribution in [3.63, 3.8) is 0 Å². The maximum absolute atomic E-state index is 4.63. The summed E-state index contributed by atoms with van der Waals surface area (Å²) in [7, 11) is 2.09. The van der Waals surface area contributed by atoms with Gasteiger partial charge in [-0.25, -0.2) is 4.98 Å². The van der Waals surface area contributed by atoms with Crippen LogP contribution in [-0.2, 0) is 6.54 Å². The van der Waals surface area contributed by atoms with Gasteiger partial charge in [-0.05, 0) is 18.6 Å². The third-order valence-corrected chi connectivity index (χ3v) is 2.43. The summed E-state index contributed by atoms with van der Waals surface area (Å²) in [4.78, 5) is 6.82. The van der Waals surface area contributed by atoms with Gasteiger partial charge in [0.15, 0.2) is 0 Å². The molecule has 0 aliphatic carbocycles. The zero-order valence-electron chi connectivity index (χ0n) is 10.8. The molecule has 0 unspecified atom stereocenters. The molecule has 1 aromatic rings. The van der Waals surface area contributed by atoms with Crippen molar-refractivity contribution in [1.82, 2.24) is 10.3 Å². The van der Waals surface area contributed by atoms with E-state index in [2.05, 4.69) is 61.2 Å². The van der Waals surface area contributed by atoms with Crippen molar-refractivity contribution < 1.29 is 0 Å². The monoisotopic (exact) mass is 221 g/mol. The fourth-order valence-electron chi connectivity index (χ4n) is 1.54. The van der Waals surface area contributed by atoms with Crippen molar-refractivity contribution in [3.05, 3.63) is 23.9 Å². The summed E-state index contributed by atoms with van der Waals surface area (Å²) in [6, 6.07) is 6.71. The van der Waals surface area contributed by atoms with Crippen LogP contribution in [0.25, 0.3) is 0 Å². The summed E-state index contributed by atoms with van der Waals surface area (Å²) in [6.07, 6.45) is 1.15. The molecule has 0 aliphatic rings. The van der Waals surface area contributed by atoms with Gasteiger partial charge in [-0.2, -0.15) is 0 Å². The molecule has 1 N–H and O–H groups in total. The molecule has 16 heavy (non-hydrogen) atoms. The molecular formula is C13H23N3. The van der Waals surface area contributed by atoms with E-state index in [9.17, 15) is 0 Å². The minimum absolute atomic E-state index is 0.499. The first kappa shape index (κ1) is 13.0. The van der Waals surface area contributed by atoms with Crippen LogP contribution < -0.4 is 10.2 Å². The fraction of sp³-hybridized carbons (Fsp3) is 0.615. The Hall–Kier alpha value is -1.09. The lowest BCUT2D eigenvalue weighted by Crippen LogP contribution is -2.23. The van der Waals surface area contributed by atoms with Gasteiger partial charge in [0.1, 0.15) is 5.82 Å². The summed E-state index contributed by atoms with van der Waals surface area (Å²) in [6.45, 7) is 8.36. The minimum Gasteiger partial charge on any atom is -0.360 e. The van der Waals surface area contributed by atoms with Crippen molar-refractivity contribution in [2.45, 2.75) is 39.8 Å². The number of nitrogens with one attached hydrogen (secondary N) is 1. The average molecular weight is 221 g/mol. The Morgan fingerprint density at radius 1 is 1.38 bits per heavy atom. The van der Waals surface area contributed by atoms with E-state index in [1.807, 2.05) is 0 Å². The number of hydrogen-bond donors (Lipinski definition) is 1. The van der Waals surface area contributed by atoms with Gasteiger partial charge in [0, 0.05) is 26.2 Å². The van der Waals surface area contributed by atoms with Gasteiger partial charge in [0.2, 0.25) is 0 Å². The molecule has 0 spiro atoms. The predicted octanol–water partition coefficient (Wildman–Crippen LogP) is 2.43. The predicted molar refractivity (Wildman–Crippen MR) is 69.8 cm³/mol. The number of nitrogens with zero attached hydrogens (tertiary/aromatic N) is 2. The lowest BCUT2D eigenvalue weighted by molar-refractivity contribution is 0.581. The van der Waals surface area contributed by atoms with Crippen LogP contribution in [0.1, 0.15) is 32.9 Å². The van der Waals surface area contributed by atoms with Gasteiger partial charge < -0.3 is 10.2 Å². The molecule has 1 heterocycles. The van der Waals surface area contributed by atoms with E-state index < -0.39 is 0 Å². The molecule has 1 rings (SSSR count). The SMILES string of the molecule is CCCN(C)c1cccc(CNC(C)C)n1. The van der Waals surface area contributed by atoms with Gasteiger partial charge in [-0.3, -0.25) is 0 Å². The van der Waals surface area contributed by atoms with E-state index >= 15 is 0 Å². The number of hydrogen-bond acceptors (Lipinski definition) is 3. The number of anilines is 1. The molecule has 3 heteroatoms. The zero-order chi connectivity index (χ0) is 12.0. The summed E-state index contributed by atoms with van der Waals surface area (Å²) in [5, 5.41) is 3.38. The number of aromatic nitrogens is 1. The minimum atomic E-state index is 0.499. The van der Waals surface area contributed by atoms with Crippen LogP contribution in [0.4, 0.5) is 5.82 Å². The Bertz CT molecular complexity index is 310. The highest BCUT2D eigenvalue weighted by molar-refractivity contribution is 5.38. The maximum atomic E-state index is 4.63. The molecule has 1 aromatic heterocycles. The molecule has 90 valence electrons. The lowest BCUT2D eigenvalue weighted by Gasteiger charge is -2.18. The van der Waals surface area contributed by atoms with Crippen LogP contribution >= 0.6 is 0 Å². The highest BCUT2D eigenvalue weighted by atomic mass is 15.2. The Morgan fingerprint density at radius 3 is 2.75 bits per heavy atom. The van der Waals surface area contributed by atoms with Crippen LogP contribution in [0, 0.1) is 0 Å². The third-order valence-electron chi connectivity index (χ3n) is 2.43. The van der Waals surface area contributed by atoms with Crippen molar-refractivity contribution in [3.8, 4) is 0 Å². The second kappa shape index (κ2) is 6.48. The van der Waals surface area contributed by atoms with E-state index in [-0.39, 0.29) is 0 Å². The van der Waals surface area contributed by atoms with E-state index in [1.54, 1.807) is 0 Å². The van der Waals surface area contributed by atoms with E-state index in [1.165, 1.54) is 0 Å². The Labute approximate surface area is 98.9 Å². The second-order valence-electron chi connectivity index (χ2n) is 4.44. The topological polar surface area (TPSA) is 28.2 Å². The van der Waals surface area contributed by atoms with Crippen molar-refractivity contribution in [1.29, 1.82) is 0 Å². The first-order valence-corrected chi connectivity index (χ1v) is 6.04. The summed E-state index contributed by atoms with van der Waals surface area (Å²) >= 11 is 0. The molecule has 0 aliphatic heterocycles. The standard InChI is InChI=1S/C13H23N3/c1-5-9-16(4)13-8-6-7-12(15-13)10-14-11(2)3/h6-8,11,14H,5,9-10H2,1-4H3. The Balaban J connectivity index is 2.63. The normalized spacial score (nSPS) is 10.8.